The van der Waals surface area contributed by atoms with E-state index in [2.05, 4.69) is 5.32 Å². The van der Waals surface area contributed by atoms with Gasteiger partial charge < -0.3 is 15.2 Å². The van der Waals surface area contributed by atoms with Crippen LogP contribution in [0.2, 0.25) is 0 Å². The second-order valence-corrected chi connectivity index (χ2v) is 4.33. The van der Waals surface area contributed by atoms with E-state index < -0.39 is 5.97 Å². The average Bonchev–Trinajstić information content (AvgIpc) is 2.89. The summed E-state index contributed by atoms with van der Waals surface area (Å²) in [5.41, 5.74) is 1.29. The van der Waals surface area contributed by atoms with Gasteiger partial charge in [-0.2, -0.15) is 0 Å². The molecule has 1 aliphatic heterocycles. The van der Waals surface area contributed by atoms with E-state index in [4.69, 9.17) is 9.84 Å². The van der Waals surface area contributed by atoms with Crippen molar-refractivity contribution in [2.24, 2.45) is 0 Å². The van der Waals surface area contributed by atoms with Gasteiger partial charge in [-0.15, -0.1) is 0 Å². The third-order valence-electron chi connectivity index (χ3n) is 2.86. The van der Waals surface area contributed by atoms with Crippen molar-refractivity contribution in [1.29, 1.82) is 0 Å². The molecule has 1 aromatic rings. The lowest BCUT2D eigenvalue weighted by Gasteiger charge is -2.10. The van der Waals surface area contributed by atoms with E-state index in [-0.39, 0.29) is 11.9 Å². The van der Waals surface area contributed by atoms with Crippen molar-refractivity contribution in [3.8, 4) is 0 Å². The van der Waals surface area contributed by atoms with E-state index in [0.29, 0.717) is 18.8 Å². The molecule has 1 heterocycles. The van der Waals surface area contributed by atoms with Gasteiger partial charge in [0.25, 0.3) is 5.91 Å². The number of carbonyl (C=O) groups excluding carboxylic acids is 1. The summed E-state index contributed by atoms with van der Waals surface area (Å²) in [7, 11) is 0. The Bertz CT molecular complexity index is 487. The molecule has 0 bridgehead atoms. The fraction of sp³-hybridized carbons (Fsp3) is 0.286. The maximum Gasteiger partial charge on any atom is 0.328 e. The maximum absolute atomic E-state index is 11.9. The monoisotopic (exact) mass is 261 g/mol. The van der Waals surface area contributed by atoms with Gasteiger partial charge in [-0.3, -0.25) is 4.79 Å². The first kappa shape index (κ1) is 13.3. The van der Waals surface area contributed by atoms with Crippen LogP contribution < -0.4 is 5.32 Å². The van der Waals surface area contributed by atoms with Crippen molar-refractivity contribution in [3.05, 3.63) is 41.5 Å². The minimum Gasteiger partial charge on any atom is -0.478 e. The summed E-state index contributed by atoms with van der Waals surface area (Å²) in [5, 5.41) is 11.4. The van der Waals surface area contributed by atoms with Crippen LogP contribution in [0.15, 0.2) is 30.3 Å². The summed E-state index contributed by atoms with van der Waals surface area (Å²) >= 11 is 0. The summed E-state index contributed by atoms with van der Waals surface area (Å²) < 4.78 is 5.19. The topological polar surface area (TPSA) is 75.6 Å². The van der Waals surface area contributed by atoms with E-state index in [1.807, 2.05) is 0 Å². The molecule has 0 aromatic heterocycles. The lowest BCUT2D eigenvalue weighted by Crippen LogP contribution is -2.34. The van der Waals surface area contributed by atoms with Crippen molar-refractivity contribution < 1.29 is 19.4 Å². The Hall–Kier alpha value is -2.14. The van der Waals surface area contributed by atoms with E-state index in [1.165, 1.54) is 6.08 Å². The molecule has 5 heteroatoms. The van der Waals surface area contributed by atoms with Gasteiger partial charge in [0.1, 0.15) is 0 Å². The van der Waals surface area contributed by atoms with Crippen LogP contribution in [0, 0.1) is 0 Å². The molecule has 5 nitrogen and oxygen atoms in total. The SMILES string of the molecule is O=C(O)/C=C/c1ccc(C(=O)NC2CCOC2)cc1. The van der Waals surface area contributed by atoms with Crippen molar-refractivity contribution in [2.75, 3.05) is 13.2 Å². The molecule has 2 N–H and O–H groups in total. The maximum atomic E-state index is 11.9. The van der Waals surface area contributed by atoms with Crippen molar-refractivity contribution in [3.63, 3.8) is 0 Å². The summed E-state index contributed by atoms with van der Waals surface area (Å²) in [4.78, 5) is 22.3. The second kappa shape index (κ2) is 6.15. The average molecular weight is 261 g/mol. The molecule has 0 aliphatic carbocycles. The number of amides is 1. The number of aliphatic carboxylic acids is 1. The van der Waals surface area contributed by atoms with E-state index in [1.54, 1.807) is 24.3 Å². The highest BCUT2D eigenvalue weighted by molar-refractivity contribution is 5.94. The largest absolute Gasteiger partial charge is 0.478 e. The van der Waals surface area contributed by atoms with Crippen LogP contribution >= 0.6 is 0 Å². The van der Waals surface area contributed by atoms with Gasteiger partial charge in [-0.1, -0.05) is 12.1 Å². The highest BCUT2D eigenvalue weighted by Crippen LogP contribution is 2.08. The number of hydrogen-bond donors (Lipinski definition) is 2. The molecule has 1 aliphatic rings. The third kappa shape index (κ3) is 3.93. The number of rotatable bonds is 4. The number of hydrogen-bond acceptors (Lipinski definition) is 3. The number of ether oxygens (including phenoxy) is 1. The zero-order chi connectivity index (χ0) is 13.7. The highest BCUT2D eigenvalue weighted by atomic mass is 16.5. The standard InChI is InChI=1S/C14H15NO4/c16-13(17)6-3-10-1-4-11(5-2-10)14(18)15-12-7-8-19-9-12/h1-6,12H,7-9H2,(H,15,18)(H,16,17)/b6-3+. The minimum atomic E-state index is -0.997. The molecular formula is C14H15NO4. The van der Waals surface area contributed by atoms with Crippen LogP contribution in [0.3, 0.4) is 0 Å². The zero-order valence-corrected chi connectivity index (χ0v) is 10.3. The van der Waals surface area contributed by atoms with Crippen LogP contribution in [-0.2, 0) is 9.53 Å². The van der Waals surface area contributed by atoms with Crippen LogP contribution in [-0.4, -0.2) is 36.2 Å². The van der Waals surface area contributed by atoms with Gasteiger partial charge >= 0.3 is 5.97 Å². The molecule has 1 amide bonds. The Kier molecular flexibility index (Phi) is 4.30. The van der Waals surface area contributed by atoms with Crippen molar-refractivity contribution in [2.45, 2.75) is 12.5 Å². The number of carboxylic acid groups (broad SMARTS) is 1. The van der Waals surface area contributed by atoms with Crippen LogP contribution in [0.1, 0.15) is 22.3 Å². The Morgan fingerprint density at radius 2 is 2.05 bits per heavy atom. The molecule has 0 saturated carbocycles. The van der Waals surface area contributed by atoms with Crippen LogP contribution in [0.5, 0.6) is 0 Å². The zero-order valence-electron chi connectivity index (χ0n) is 10.3. The lowest BCUT2D eigenvalue weighted by molar-refractivity contribution is -0.131. The molecule has 19 heavy (non-hydrogen) atoms. The summed E-state index contributed by atoms with van der Waals surface area (Å²) in [6.07, 6.45) is 3.38. The van der Waals surface area contributed by atoms with Gasteiger partial charge in [0.2, 0.25) is 0 Å². The van der Waals surface area contributed by atoms with Gasteiger partial charge in [0.05, 0.1) is 12.6 Å². The molecule has 100 valence electrons. The summed E-state index contributed by atoms with van der Waals surface area (Å²) in [5.74, 6) is -1.13. The Balaban J connectivity index is 1.97. The van der Waals surface area contributed by atoms with E-state index >= 15 is 0 Å². The van der Waals surface area contributed by atoms with Gasteiger partial charge in [0.15, 0.2) is 0 Å². The predicted octanol–water partition coefficient (Wildman–Crippen LogP) is 1.30. The van der Waals surface area contributed by atoms with Crippen molar-refractivity contribution >= 4 is 18.0 Å². The predicted molar refractivity (Wildman–Crippen MR) is 69.8 cm³/mol. The van der Waals surface area contributed by atoms with Crippen molar-refractivity contribution in [1.82, 2.24) is 5.32 Å². The summed E-state index contributed by atoms with van der Waals surface area (Å²) in [6.45, 7) is 1.25. The molecule has 0 radical (unpaired) electrons. The smallest absolute Gasteiger partial charge is 0.328 e. The molecule has 0 spiro atoms. The first-order valence-corrected chi connectivity index (χ1v) is 6.05. The Labute approximate surface area is 110 Å². The molecular weight excluding hydrogens is 246 g/mol. The first-order chi connectivity index (χ1) is 9.15. The van der Waals surface area contributed by atoms with Gasteiger partial charge in [-0.05, 0) is 30.2 Å². The number of nitrogens with one attached hydrogen (secondary N) is 1. The molecule has 1 atom stereocenters. The molecule has 1 unspecified atom stereocenters. The first-order valence-electron chi connectivity index (χ1n) is 6.05. The number of carbonyl (C=O) groups is 2. The number of carboxylic acids is 1. The summed E-state index contributed by atoms with van der Waals surface area (Å²) in [6, 6.07) is 6.84. The lowest BCUT2D eigenvalue weighted by atomic mass is 10.1. The Morgan fingerprint density at radius 1 is 1.32 bits per heavy atom. The number of benzene rings is 1. The molecule has 1 aromatic carbocycles. The van der Waals surface area contributed by atoms with Crippen LogP contribution in [0.4, 0.5) is 0 Å². The minimum absolute atomic E-state index is 0.0825. The fourth-order valence-electron chi connectivity index (χ4n) is 1.83. The van der Waals surface area contributed by atoms with E-state index in [0.717, 1.165) is 18.1 Å². The highest BCUT2D eigenvalue weighted by Gasteiger charge is 2.18. The quantitative estimate of drug-likeness (QED) is 0.801. The molecule has 2 rings (SSSR count). The van der Waals surface area contributed by atoms with Crippen LogP contribution in [0.25, 0.3) is 6.08 Å². The van der Waals surface area contributed by atoms with E-state index in [9.17, 15) is 9.59 Å². The van der Waals surface area contributed by atoms with Gasteiger partial charge in [0, 0.05) is 18.2 Å². The third-order valence-corrected chi connectivity index (χ3v) is 2.86. The molecule has 1 fully saturated rings. The van der Waals surface area contributed by atoms with Gasteiger partial charge in [-0.25, -0.2) is 4.79 Å². The second-order valence-electron chi connectivity index (χ2n) is 4.33. The Morgan fingerprint density at radius 3 is 2.63 bits per heavy atom. The molecule has 1 saturated heterocycles. The normalized spacial score (nSPS) is 18.6. The fourth-order valence-corrected chi connectivity index (χ4v) is 1.83.